The van der Waals surface area contributed by atoms with Crippen molar-refractivity contribution in [3.05, 3.63) is 53.6 Å². The number of nitrogens with one attached hydrogen (secondary N) is 1. The maximum atomic E-state index is 12.4. The molecule has 0 spiro atoms. The normalized spacial score (nSPS) is 14.8. The van der Waals surface area contributed by atoms with E-state index < -0.39 is 0 Å². The Morgan fingerprint density at radius 1 is 0.927 bits per heavy atom. The van der Waals surface area contributed by atoms with Gasteiger partial charge in [0, 0.05) is 71.4 Å². The molecule has 0 bridgehead atoms. The molecule has 0 unspecified atom stereocenters. The average Bonchev–Trinajstić information content (AvgIpc) is 2.98. The Labute approximate surface area is 247 Å². The summed E-state index contributed by atoms with van der Waals surface area (Å²) in [6.07, 6.45) is 6.27. The minimum absolute atomic E-state index is 0.132. The predicted molar refractivity (Wildman–Crippen MR) is 168 cm³/mol. The largest absolute Gasteiger partial charge is 0.493 e. The van der Waals surface area contributed by atoms with Gasteiger partial charge in [0.15, 0.2) is 5.96 Å². The first-order chi connectivity index (χ1) is 20.0. The maximum Gasteiger partial charge on any atom is 0.226 e. The maximum absolute atomic E-state index is 12.4. The Morgan fingerprint density at radius 3 is 2.34 bits per heavy atom. The Kier molecular flexibility index (Phi) is 14.7. The van der Waals surface area contributed by atoms with Crippen molar-refractivity contribution in [2.45, 2.75) is 65.3 Å². The number of ether oxygens (including phenoxy) is 2. The number of unbranched alkanes of at least 4 members (excludes halogenated alkanes) is 2. The molecule has 1 fully saturated rings. The van der Waals surface area contributed by atoms with E-state index in [2.05, 4.69) is 76.4 Å². The van der Waals surface area contributed by atoms with Gasteiger partial charge in [0.25, 0.3) is 0 Å². The van der Waals surface area contributed by atoms with Crippen LogP contribution in [0.1, 0.15) is 63.5 Å². The SMILES string of the molecule is CCCCN=C(N)NC(=O)CCc1ccc(-c2ccc(CN3CCN(CCCC)CC3)cc2)c(OCCCOC)c1. The zero-order valence-electron chi connectivity index (χ0n) is 25.5. The summed E-state index contributed by atoms with van der Waals surface area (Å²) in [6.45, 7) is 13.0. The number of guanidine groups is 1. The topological polar surface area (TPSA) is 92.4 Å². The van der Waals surface area contributed by atoms with Crippen LogP contribution in [-0.4, -0.2) is 81.3 Å². The van der Waals surface area contributed by atoms with Gasteiger partial charge in [-0.25, -0.2) is 0 Å². The van der Waals surface area contributed by atoms with Crippen molar-refractivity contribution in [2.24, 2.45) is 10.7 Å². The number of methoxy groups -OCH3 is 1. The molecule has 0 saturated carbocycles. The van der Waals surface area contributed by atoms with Gasteiger partial charge in [-0.3, -0.25) is 20.0 Å². The number of hydrogen-bond acceptors (Lipinski definition) is 6. The molecule has 1 aliphatic rings. The van der Waals surface area contributed by atoms with Crippen LogP contribution in [0.4, 0.5) is 0 Å². The summed E-state index contributed by atoms with van der Waals surface area (Å²) in [5, 5.41) is 2.69. The average molecular weight is 566 g/mol. The van der Waals surface area contributed by atoms with Crippen LogP contribution in [0.5, 0.6) is 5.75 Å². The number of piperazine rings is 1. The van der Waals surface area contributed by atoms with E-state index in [1.807, 2.05) is 0 Å². The van der Waals surface area contributed by atoms with Gasteiger partial charge in [0.1, 0.15) is 5.75 Å². The molecule has 0 radical (unpaired) electrons. The van der Waals surface area contributed by atoms with Crippen LogP contribution in [0.3, 0.4) is 0 Å². The smallest absolute Gasteiger partial charge is 0.226 e. The first-order valence-corrected chi connectivity index (χ1v) is 15.4. The highest BCUT2D eigenvalue weighted by Crippen LogP contribution is 2.32. The lowest BCUT2D eigenvalue weighted by Crippen LogP contribution is -2.46. The molecule has 3 rings (SSSR count). The monoisotopic (exact) mass is 565 g/mol. The quantitative estimate of drug-likeness (QED) is 0.162. The van der Waals surface area contributed by atoms with Crippen molar-refractivity contribution in [1.29, 1.82) is 0 Å². The molecule has 0 aromatic heterocycles. The van der Waals surface area contributed by atoms with Crippen molar-refractivity contribution in [2.75, 3.05) is 59.6 Å². The molecule has 8 nitrogen and oxygen atoms in total. The predicted octanol–water partition coefficient (Wildman–Crippen LogP) is 4.85. The molecule has 2 aromatic carbocycles. The summed E-state index contributed by atoms with van der Waals surface area (Å²) in [5.74, 6) is 0.890. The first kappa shape index (κ1) is 32.6. The second kappa shape index (κ2) is 18.5. The number of aliphatic imine (C=N–C) groups is 1. The Hall–Kier alpha value is -2.94. The zero-order valence-corrected chi connectivity index (χ0v) is 25.5. The number of carbonyl (C=O) groups is 1. The fourth-order valence-electron chi connectivity index (χ4n) is 4.93. The molecule has 2 aromatic rings. The Bertz CT molecular complexity index is 1070. The minimum Gasteiger partial charge on any atom is -0.493 e. The van der Waals surface area contributed by atoms with E-state index in [9.17, 15) is 4.79 Å². The number of hydrogen-bond donors (Lipinski definition) is 2. The summed E-state index contributed by atoms with van der Waals surface area (Å²) in [5.41, 5.74) is 10.4. The molecule has 1 aliphatic heterocycles. The number of nitrogens with two attached hydrogens (primary N) is 1. The van der Waals surface area contributed by atoms with Crippen molar-refractivity contribution >= 4 is 11.9 Å². The third-order valence-electron chi connectivity index (χ3n) is 7.46. The highest BCUT2D eigenvalue weighted by molar-refractivity contribution is 5.96. The second-order valence-corrected chi connectivity index (χ2v) is 10.9. The van der Waals surface area contributed by atoms with Gasteiger partial charge in [-0.1, -0.05) is 63.1 Å². The summed E-state index contributed by atoms with van der Waals surface area (Å²) in [4.78, 5) is 21.7. The Balaban J connectivity index is 1.61. The number of carbonyl (C=O) groups excluding carboxylic acids is 1. The van der Waals surface area contributed by atoms with E-state index in [0.29, 0.717) is 32.6 Å². The molecule has 41 heavy (non-hydrogen) atoms. The van der Waals surface area contributed by atoms with Crippen LogP contribution in [-0.2, 0) is 22.5 Å². The van der Waals surface area contributed by atoms with E-state index in [1.54, 1.807) is 7.11 Å². The lowest BCUT2D eigenvalue weighted by molar-refractivity contribution is -0.119. The number of amides is 1. The third-order valence-corrected chi connectivity index (χ3v) is 7.46. The first-order valence-electron chi connectivity index (χ1n) is 15.4. The van der Waals surface area contributed by atoms with Crippen molar-refractivity contribution in [1.82, 2.24) is 15.1 Å². The third kappa shape index (κ3) is 11.8. The lowest BCUT2D eigenvalue weighted by Gasteiger charge is -2.34. The van der Waals surface area contributed by atoms with Crippen LogP contribution in [0.2, 0.25) is 0 Å². The molecule has 226 valence electrons. The van der Waals surface area contributed by atoms with Crippen molar-refractivity contribution < 1.29 is 14.3 Å². The van der Waals surface area contributed by atoms with E-state index >= 15 is 0 Å². The highest BCUT2D eigenvalue weighted by Gasteiger charge is 2.17. The van der Waals surface area contributed by atoms with E-state index in [0.717, 1.165) is 74.4 Å². The van der Waals surface area contributed by atoms with Crippen LogP contribution >= 0.6 is 0 Å². The lowest BCUT2D eigenvalue weighted by atomic mass is 9.99. The minimum atomic E-state index is -0.132. The van der Waals surface area contributed by atoms with Gasteiger partial charge in [-0.05, 0) is 48.6 Å². The van der Waals surface area contributed by atoms with Gasteiger partial charge >= 0.3 is 0 Å². The molecule has 3 N–H and O–H groups in total. The molecule has 1 amide bonds. The second-order valence-electron chi connectivity index (χ2n) is 10.9. The van der Waals surface area contributed by atoms with E-state index in [-0.39, 0.29) is 11.9 Å². The summed E-state index contributed by atoms with van der Waals surface area (Å²) < 4.78 is 11.4. The fraction of sp³-hybridized carbons (Fsp3) is 0.576. The van der Waals surface area contributed by atoms with Crippen LogP contribution in [0.25, 0.3) is 11.1 Å². The van der Waals surface area contributed by atoms with E-state index in [1.165, 1.54) is 24.9 Å². The fourth-order valence-corrected chi connectivity index (χ4v) is 4.93. The summed E-state index contributed by atoms with van der Waals surface area (Å²) in [6, 6.07) is 15.1. The van der Waals surface area contributed by atoms with Gasteiger partial charge in [-0.15, -0.1) is 0 Å². The van der Waals surface area contributed by atoms with Gasteiger partial charge in [-0.2, -0.15) is 0 Å². The number of benzene rings is 2. The van der Waals surface area contributed by atoms with Crippen molar-refractivity contribution in [3.63, 3.8) is 0 Å². The zero-order chi connectivity index (χ0) is 29.3. The van der Waals surface area contributed by atoms with Crippen LogP contribution in [0, 0.1) is 0 Å². The molecule has 0 atom stereocenters. The number of aryl methyl sites for hydroxylation is 1. The number of nitrogens with zero attached hydrogens (tertiary/aromatic N) is 3. The summed E-state index contributed by atoms with van der Waals surface area (Å²) in [7, 11) is 1.70. The highest BCUT2D eigenvalue weighted by atomic mass is 16.5. The van der Waals surface area contributed by atoms with Crippen LogP contribution < -0.4 is 15.8 Å². The van der Waals surface area contributed by atoms with Crippen molar-refractivity contribution in [3.8, 4) is 16.9 Å². The molecule has 1 heterocycles. The standard InChI is InChI=1S/C33H51N5O3/c1-4-6-17-35-33(34)36-32(39)16-12-27-11-15-30(31(25-27)41-24-8-23-40-3)29-13-9-28(10-14-29)26-38-21-19-37(20-22-38)18-7-5-2/h9-11,13-15,25H,4-8,12,16-24,26H2,1-3H3,(H3,34,35,36,39). The molecular formula is C33H51N5O3. The van der Waals surface area contributed by atoms with Gasteiger partial charge in [0.2, 0.25) is 5.91 Å². The molecule has 1 saturated heterocycles. The van der Waals surface area contributed by atoms with E-state index in [4.69, 9.17) is 15.2 Å². The Morgan fingerprint density at radius 2 is 1.63 bits per heavy atom. The van der Waals surface area contributed by atoms with Crippen LogP contribution in [0.15, 0.2) is 47.5 Å². The molecular weight excluding hydrogens is 514 g/mol. The molecule has 0 aliphatic carbocycles. The molecule has 8 heteroatoms. The number of rotatable bonds is 17. The van der Waals surface area contributed by atoms with Gasteiger partial charge < -0.3 is 20.1 Å². The summed E-state index contributed by atoms with van der Waals surface area (Å²) >= 11 is 0. The van der Waals surface area contributed by atoms with Gasteiger partial charge in [0.05, 0.1) is 6.61 Å².